The Balaban J connectivity index is 2.62. The van der Waals surface area contributed by atoms with Crippen molar-refractivity contribution < 1.29 is 8.78 Å². The summed E-state index contributed by atoms with van der Waals surface area (Å²) in [6, 6.07) is 0. The third kappa shape index (κ3) is 6.14. The van der Waals surface area contributed by atoms with Crippen LogP contribution in [0.1, 0.15) is 6.42 Å². The van der Waals surface area contributed by atoms with Crippen LogP contribution in [0.25, 0.3) is 0 Å². The van der Waals surface area contributed by atoms with Gasteiger partial charge in [-0.1, -0.05) is 24.3 Å². The molecule has 1 aliphatic rings. The van der Waals surface area contributed by atoms with Gasteiger partial charge in [-0.05, 0) is 46.1 Å². The fourth-order valence-corrected chi connectivity index (χ4v) is 8.38. The van der Waals surface area contributed by atoms with Gasteiger partial charge in [-0.2, -0.15) is 0 Å². The molecule has 0 fully saturated rings. The summed E-state index contributed by atoms with van der Waals surface area (Å²) in [5.74, 6) is 0.436. The lowest BCUT2D eigenvalue weighted by Gasteiger charge is -2.29. The normalized spacial score (nSPS) is 19.7. The summed E-state index contributed by atoms with van der Waals surface area (Å²) in [5, 5.41) is 0. The van der Waals surface area contributed by atoms with Crippen LogP contribution < -0.4 is 0 Å². The van der Waals surface area contributed by atoms with Gasteiger partial charge in [0, 0.05) is 6.16 Å². The van der Waals surface area contributed by atoms with Crippen molar-refractivity contribution in [3.8, 4) is 0 Å². The first-order valence-electron chi connectivity index (χ1n) is 6.49. The lowest BCUT2D eigenvalue weighted by molar-refractivity contribution is 0.414. The molecule has 0 aromatic heterocycles. The smallest absolute Gasteiger partial charge is 0.207 e. The molecule has 0 saturated carbocycles. The Kier molecular flexibility index (Phi) is 5.59. The lowest BCUT2D eigenvalue weighted by atomic mass is 10.1. The molecule has 3 nitrogen and oxygen atoms in total. The van der Waals surface area contributed by atoms with Gasteiger partial charge in [0.05, 0.1) is 6.29 Å². The second kappa shape index (κ2) is 6.33. The maximum absolute atomic E-state index is 12.9. The fraction of sp³-hybridized carbons (Fsp3) is 0.692. The zero-order valence-corrected chi connectivity index (χ0v) is 14.1. The van der Waals surface area contributed by atoms with Crippen molar-refractivity contribution >= 4 is 15.7 Å². The monoisotopic (exact) mass is 287 g/mol. The molecule has 0 bridgehead atoms. The van der Waals surface area contributed by atoms with Gasteiger partial charge in [-0.25, -0.2) is 0 Å². The van der Waals surface area contributed by atoms with Crippen molar-refractivity contribution in [2.24, 2.45) is 5.92 Å². The van der Waals surface area contributed by atoms with Gasteiger partial charge in [0.25, 0.3) is 0 Å². The molecule has 1 atom stereocenters. The molecular formula is C13H26NO2PSi. The highest BCUT2D eigenvalue weighted by Gasteiger charge is 2.31. The van der Waals surface area contributed by atoms with Crippen molar-refractivity contribution in [2.45, 2.75) is 26.1 Å². The SMILES string of the molecule is CN(C)CP(=O)(CCC1C=CC=C1)O[Si](C)(C)C. The third-order valence-electron chi connectivity index (χ3n) is 2.57. The Morgan fingerprint density at radius 1 is 1.22 bits per heavy atom. The molecular weight excluding hydrogens is 261 g/mol. The Morgan fingerprint density at radius 2 is 1.78 bits per heavy atom. The van der Waals surface area contributed by atoms with Crippen molar-refractivity contribution in [3.63, 3.8) is 0 Å². The zero-order valence-electron chi connectivity index (χ0n) is 12.2. The van der Waals surface area contributed by atoms with Gasteiger partial charge >= 0.3 is 0 Å². The maximum atomic E-state index is 12.9. The molecule has 1 unspecified atom stereocenters. The average molecular weight is 287 g/mol. The van der Waals surface area contributed by atoms with Crippen LogP contribution in [-0.4, -0.2) is 39.8 Å². The van der Waals surface area contributed by atoms with E-state index in [9.17, 15) is 4.57 Å². The van der Waals surface area contributed by atoms with Gasteiger partial charge in [0.2, 0.25) is 7.37 Å². The van der Waals surface area contributed by atoms with E-state index in [1.807, 2.05) is 19.0 Å². The van der Waals surface area contributed by atoms with Gasteiger partial charge in [0.15, 0.2) is 8.32 Å². The fourth-order valence-electron chi connectivity index (χ4n) is 2.09. The van der Waals surface area contributed by atoms with Crippen LogP contribution >= 0.6 is 7.37 Å². The number of nitrogens with zero attached hydrogens (tertiary/aromatic N) is 1. The number of rotatable bonds is 7. The quantitative estimate of drug-likeness (QED) is 0.527. The topological polar surface area (TPSA) is 29.5 Å². The molecule has 0 heterocycles. The summed E-state index contributed by atoms with van der Waals surface area (Å²) in [4.78, 5) is 1.97. The minimum absolute atomic E-state index is 0.436. The highest BCUT2D eigenvalue weighted by atomic mass is 31.2. The lowest BCUT2D eigenvalue weighted by Crippen LogP contribution is -2.28. The summed E-state index contributed by atoms with van der Waals surface area (Å²) in [6.45, 7) is 6.31. The van der Waals surface area contributed by atoms with Crippen LogP contribution in [0, 0.1) is 5.92 Å². The molecule has 0 spiro atoms. The summed E-state index contributed by atoms with van der Waals surface area (Å²) in [7, 11) is -0.384. The van der Waals surface area contributed by atoms with E-state index in [-0.39, 0.29) is 0 Å². The van der Waals surface area contributed by atoms with Gasteiger partial charge in [0.1, 0.15) is 0 Å². The van der Waals surface area contributed by atoms with E-state index in [0.29, 0.717) is 18.4 Å². The molecule has 0 radical (unpaired) electrons. The summed E-state index contributed by atoms with van der Waals surface area (Å²) >= 11 is 0. The molecule has 0 amide bonds. The first-order valence-corrected chi connectivity index (χ1v) is 11.9. The molecule has 1 rings (SSSR count). The summed E-state index contributed by atoms with van der Waals surface area (Å²) in [6.07, 6.45) is 10.6. The Morgan fingerprint density at radius 3 is 2.22 bits per heavy atom. The van der Waals surface area contributed by atoms with Crippen molar-refractivity contribution in [3.05, 3.63) is 24.3 Å². The van der Waals surface area contributed by atoms with Crippen LogP contribution in [0.3, 0.4) is 0 Å². The first-order chi connectivity index (χ1) is 8.20. The molecule has 18 heavy (non-hydrogen) atoms. The largest absolute Gasteiger partial charge is 0.369 e. The first kappa shape index (κ1) is 15.9. The van der Waals surface area contributed by atoms with E-state index in [2.05, 4.69) is 43.9 Å². The van der Waals surface area contributed by atoms with Crippen LogP contribution in [-0.2, 0) is 8.78 Å². The Labute approximate surface area is 112 Å². The van der Waals surface area contributed by atoms with E-state index >= 15 is 0 Å². The average Bonchev–Trinajstić information content (AvgIpc) is 2.62. The molecule has 0 aromatic rings. The third-order valence-corrected chi connectivity index (χ3v) is 8.03. The molecule has 5 heteroatoms. The summed E-state index contributed by atoms with van der Waals surface area (Å²) in [5.41, 5.74) is 0. The minimum Gasteiger partial charge on any atom is -0.369 e. The van der Waals surface area contributed by atoms with E-state index in [4.69, 9.17) is 4.21 Å². The maximum Gasteiger partial charge on any atom is 0.207 e. The Bertz CT molecular complexity index is 360. The molecule has 104 valence electrons. The van der Waals surface area contributed by atoms with Crippen LogP contribution in [0.15, 0.2) is 24.3 Å². The van der Waals surface area contributed by atoms with E-state index in [0.717, 1.165) is 6.42 Å². The molecule has 1 aliphatic carbocycles. The number of hydrogen-bond acceptors (Lipinski definition) is 3. The summed E-state index contributed by atoms with van der Waals surface area (Å²) < 4.78 is 18.9. The second-order valence-electron chi connectivity index (χ2n) is 6.19. The Hall–Kier alpha value is -0.153. The van der Waals surface area contributed by atoms with E-state index in [1.165, 1.54) is 0 Å². The zero-order chi connectivity index (χ0) is 13.8. The number of allylic oxidation sites excluding steroid dienone is 4. The minimum atomic E-state index is -2.53. The van der Waals surface area contributed by atoms with Gasteiger partial charge < -0.3 is 9.11 Å². The van der Waals surface area contributed by atoms with Crippen molar-refractivity contribution in [1.82, 2.24) is 4.90 Å². The second-order valence-corrected chi connectivity index (χ2v) is 13.5. The van der Waals surface area contributed by atoms with Crippen molar-refractivity contribution in [1.29, 1.82) is 0 Å². The van der Waals surface area contributed by atoms with Crippen LogP contribution in [0.2, 0.25) is 19.6 Å². The molecule has 0 N–H and O–H groups in total. The van der Waals surface area contributed by atoms with E-state index in [1.54, 1.807) is 0 Å². The highest BCUT2D eigenvalue weighted by Crippen LogP contribution is 2.50. The molecule has 0 saturated heterocycles. The predicted octanol–water partition coefficient (Wildman–Crippen LogP) is 3.77. The molecule has 0 aromatic carbocycles. The highest BCUT2D eigenvalue weighted by molar-refractivity contribution is 7.60. The van der Waals surface area contributed by atoms with Crippen molar-refractivity contribution in [2.75, 3.05) is 26.5 Å². The number of hydrogen-bond donors (Lipinski definition) is 0. The predicted molar refractivity (Wildman–Crippen MR) is 81.8 cm³/mol. The standard InChI is InChI=1S/C13H26NO2PSi/c1-14(2)12-17(15,16-18(3,4)5)11-10-13-8-6-7-9-13/h6-9,13H,10-12H2,1-5H3. The molecule has 0 aliphatic heterocycles. The van der Waals surface area contributed by atoms with Gasteiger partial charge in [-0.3, -0.25) is 4.57 Å². The van der Waals surface area contributed by atoms with Crippen LogP contribution in [0.4, 0.5) is 0 Å². The van der Waals surface area contributed by atoms with Gasteiger partial charge in [-0.15, -0.1) is 0 Å². The van der Waals surface area contributed by atoms with E-state index < -0.39 is 15.7 Å². The van der Waals surface area contributed by atoms with Crippen LogP contribution in [0.5, 0.6) is 0 Å².